The van der Waals surface area contributed by atoms with Crippen molar-refractivity contribution in [1.29, 1.82) is 0 Å². The van der Waals surface area contributed by atoms with Crippen molar-refractivity contribution in [2.24, 2.45) is 5.92 Å². The van der Waals surface area contributed by atoms with Crippen LogP contribution in [0, 0.1) is 17.6 Å². The third-order valence-corrected chi connectivity index (χ3v) is 5.29. The van der Waals surface area contributed by atoms with E-state index in [0.717, 1.165) is 12.1 Å². The van der Waals surface area contributed by atoms with Gasteiger partial charge in [0.1, 0.15) is 17.4 Å². The highest BCUT2D eigenvalue weighted by atomic mass is 35.5. The maximum absolute atomic E-state index is 13.8. The summed E-state index contributed by atoms with van der Waals surface area (Å²) < 4.78 is 37.1. The summed E-state index contributed by atoms with van der Waals surface area (Å²) in [5.41, 5.74) is 0.126. The highest BCUT2D eigenvalue weighted by Crippen LogP contribution is 2.27. The predicted molar refractivity (Wildman–Crippen MR) is 113 cm³/mol. The summed E-state index contributed by atoms with van der Waals surface area (Å²) in [6.45, 7) is -0.0723. The summed E-state index contributed by atoms with van der Waals surface area (Å²) >= 11 is 5.92. The molecule has 0 aromatic heterocycles. The minimum Gasteiger partial charge on any atom is -0.495 e. The van der Waals surface area contributed by atoms with E-state index in [1.807, 2.05) is 0 Å². The number of nitrogens with zero attached hydrogens (tertiary/aromatic N) is 1. The predicted octanol–water partition coefficient (Wildman–Crippen LogP) is 3.66. The first-order valence-corrected chi connectivity index (χ1v) is 10.2. The average molecular weight is 467 g/mol. The van der Waals surface area contributed by atoms with Gasteiger partial charge in [-0.15, -0.1) is 0 Å². The quantitative estimate of drug-likeness (QED) is 0.657. The SMILES string of the molecule is COc1ccc(Cl)cc1NC(=O)COC(=O)C1CCN(C(=O)c2ccc(F)cc2F)CC1. The maximum atomic E-state index is 13.8. The zero-order valence-corrected chi connectivity index (χ0v) is 18.0. The number of anilines is 1. The molecule has 170 valence electrons. The van der Waals surface area contributed by atoms with Gasteiger partial charge in [0.25, 0.3) is 11.8 Å². The van der Waals surface area contributed by atoms with Crippen molar-refractivity contribution in [3.8, 4) is 5.75 Å². The molecule has 1 saturated heterocycles. The molecule has 0 aliphatic carbocycles. The molecule has 3 rings (SSSR count). The van der Waals surface area contributed by atoms with Crippen LogP contribution in [0.1, 0.15) is 23.2 Å². The Morgan fingerprint density at radius 1 is 1.12 bits per heavy atom. The second-order valence-corrected chi connectivity index (χ2v) is 7.63. The molecular formula is C22H21ClF2N2O5. The van der Waals surface area contributed by atoms with Gasteiger partial charge < -0.3 is 19.7 Å². The van der Waals surface area contributed by atoms with Crippen LogP contribution in [0.2, 0.25) is 5.02 Å². The monoisotopic (exact) mass is 466 g/mol. The molecule has 32 heavy (non-hydrogen) atoms. The number of rotatable bonds is 6. The summed E-state index contributed by atoms with van der Waals surface area (Å²) in [4.78, 5) is 38.3. The van der Waals surface area contributed by atoms with E-state index in [2.05, 4.69) is 5.32 Å². The number of halogens is 3. The summed E-state index contributed by atoms with van der Waals surface area (Å²) in [6, 6.07) is 7.48. The molecule has 0 unspecified atom stereocenters. The number of methoxy groups -OCH3 is 1. The minimum atomic E-state index is -0.932. The van der Waals surface area contributed by atoms with Crippen molar-refractivity contribution < 1.29 is 32.6 Å². The molecule has 1 heterocycles. The number of piperidine rings is 1. The smallest absolute Gasteiger partial charge is 0.309 e. The Bertz CT molecular complexity index is 1030. The van der Waals surface area contributed by atoms with Gasteiger partial charge in [-0.05, 0) is 43.2 Å². The lowest BCUT2D eigenvalue weighted by atomic mass is 9.96. The van der Waals surface area contributed by atoms with Crippen LogP contribution in [-0.4, -0.2) is 49.5 Å². The zero-order chi connectivity index (χ0) is 23.3. The van der Waals surface area contributed by atoms with Crippen molar-refractivity contribution >= 4 is 35.1 Å². The highest BCUT2D eigenvalue weighted by Gasteiger charge is 2.30. The van der Waals surface area contributed by atoms with E-state index in [0.29, 0.717) is 35.4 Å². The van der Waals surface area contributed by atoms with Gasteiger partial charge in [0.05, 0.1) is 24.3 Å². The lowest BCUT2D eigenvalue weighted by molar-refractivity contribution is -0.152. The summed E-state index contributed by atoms with van der Waals surface area (Å²) in [6.07, 6.45) is 0.605. The van der Waals surface area contributed by atoms with Crippen molar-refractivity contribution in [3.05, 3.63) is 58.6 Å². The Morgan fingerprint density at radius 2 is 1.84 bits per heavy atom. The lowest BCUT2D eigenvalue weighted by Gasteiger charge is -2.31. The Hall–Kier alpha value is -3.20. The fourth-order valence-corrected chi connectivity index (χ4v) is 3.54. The van der Waals surface area contributed by atoms with Crippen molar-refractivity contribution in [3.63, 3.8) is 0 Å². The normalized spacial score (nSPS) is 14.1. The molecular weight excluding hydrogens is 446 g/mol. The second-order valence-electron chi connectivity index (χ2n) is 7.19. The van der Waals surface area contributed by atoms with Crippen molar-refractivity contribution in [2.45, 2.75) is 12.8 Å². The van der Waals surface area contributed by atoms with Gasteiger partial charge in [-0.25, -0.2) is 8.78 Å². The second kappa shape index (κ2) is 10.4. The largest absolute Gasteiger partial charge is 0.495 e. The topological polar surface area (TPSA) is 84.9 Å². The van der Waals surface area contributed by atoms with Gasteiger partial charge in [0, 0.05) is 24.2 Å². The van der Waals surface area contributed by atoms with Crippen LogP contribution >= 0.6 is 11.6 Å². The van der Waals surface area contributed by atoms with Crippen molar-refractivity contribution in [1.82, 2.24) is 4.90 Å². The van der Waals surface area contributed by atoms with Crippen LogP contribution in [0.25, 0.3) is 0 Å². The molecule has 0 radical (unpaired) electrons. The standard InChI is InChI=1S/C22H21ClF2N2O5/c1-31-19-5-2-14(23)10-18(19)26-20(28)12-32-22(30)13-6-8-27(9-7-13)21(29)16-4-3-15(24)11-17(16)25/h2-5,10-11,13H,6-9,12H2,1H3,(H,26,28). The molecule has 2 amide bonds. The molecule has 1 aliphatic rings. The van der Waals surface area contributed by atoms with Gasteiger partial charge in [-0.3, -0.25) is 14.4 Å². The highest BCUT2D eigenvalue weighted by molar-refractivity contribution is 6.31. The van der Waals surface area contributed by atoms with Crippen LogP contribution < -0.4 is 10.1 Å². The Morgan fingerprint density at radius 3 is 2.50 bits per heavy atom. The minimum absolute atomic E-state index is 0.210. The maximum Gasteiger partial charge on any atom is 0.309 e. The number of hydrogen-bond acceptors (Lipinski definition) is 5. The number of benzene rings is 2. The van der Waals surface area contributed by atoms with Crippen LogP contribution in [0.15, 0.2) is 36.4 Å². The van der Waals surface area contributed by atoms with E-state index in [1.165, 1.54) is 18.1 Å². The molecule has 0 spiro atoms. The van der Waals surface area contributed by atoms with Crippen LogP contribution in [0.5, 0.6) is 5.75 Å². The fourth-order valence-electron chi connectivity index (χ4n) is 3.37. The van der Waals surface area contributed by atoms with Gasteiger partial charge >= 0.3 is 5.97 Å². The molecule has 2 aromatic rings. The fraction of sp³-hybridized carbons (Fsp3) is 0.318. The Labute approximate surface area is 188 Å². The first-order valence-electron chi connectivity index (χ1n) is 9.83. The van der Waals surface area contributed by atoms with Gasteiger partial charge in [0.15, 0.2) is 6.61 Å². The molecule has 1 aliphatic heterocycles. The lowest BCUT2D eigenvalue weighted by Crippen LogP contribution is -2.41. The number of likely N-dealkylation sites (tertiary alicyclic amines) is 1. The van der Waals surface area contributed by atoms with E-state index in [4.69, 9.17) is 21.1 Å². The molecule has 1 fully saturated rings. The summed E-state index contributed by atoms with van der Waals surface area (Å²) in [5, 5.41) is 2.97. The van der Waals surface area contributed by atoms with Gasteiger partial charge in [-0.1, -0.05) is 11.6 Å². The summed E-state index contributed by atoms with van der Waals surface area (Å²) in [7, 11) is 1.44. The number of nitrogens with one attached hydrogen (secondary N) is 1. The van der Waals surface area contributed by atoms with E-state index in [1.54, 1.807) is 12.1 Å². The van der Waals surface area contributed by atoms with Crippen LogP contribution in [0.3, 0.4) is 0 Å². The molecule has 2 aromatic carbocycles. The summed E-state index contributed by atoms with van der Waals surface area (Å²) in [5.74, 6) is -3.47. The third kappa shape index (κ3) is 5.73. The molecule has 10 heteroatoms. The molecule has 0 saturated carbocycles. The number of esters is 1. The van der Waals surface area contributed by atoms with E-state index in [-0.39, 0.29) is 18.7 Å². The first kappa shape index (κ1) is 23.5. The number of amides is 2. The van der Waals surface area contributed by atoms with Gasteiger partial charge in [0.2, 0.25) is 0 Å². The van der Waals surface area contributed by atoms with Gasteiger partial charge in [-0.2, -0.15) is 0 Å². The van der Waals surface area contributed by atoms with E-state index in [9.17, 15) is 23.2 Å². The first-order chi connectivity index (χ1) is 15.3. The number of hydrogen-bond donors (Lipinski definition) is 1. The number of carbonyl (C=O) groups excluding carboxylic acids is 3. The van der Waals surface area contributed by atoms with Crippen LogP contribution in [0.4, 0.5) is 14.5 Å². The zero-order valence-electron chi connectivity index (χ0n) is 17.2. The molecule has 0 bridgehead atoms. The van der Waals surface area contributed by atoms with E-state index >= 15 is 0 Å². The Kier molecular flexibility index (Phi) is 7.63. The average Bonchev–Trinajstić information content (AvgIpc) is 2.77. The molecule has 7 nitrogen and oxygen atoms in total. The van der Waals surface area contributed by atoms with Crippen LogP contribution in [-0.2, 0) is 14.3 Å². The Balaban J connectivity index is 1.48. The van der Waals surface area contributed by atoms with E-state index < -0.39 is 41.9 Å². The third-order valence-electron chi connectivity index (χ3n) is 5.06. The van der Waals surface area contributed by atoms with Crippen molar-refractivity contribution in [2.75, 3.05) is 32.1 Å². The molecule has 0 atom stereocenters. The molecule has 1 N–H and O–H groups in total. The number of ether oxygens (including phenoxy) is 2. The number of carbonyl (C=O) groups is 3.